The number of hydrogen-bond donors (Lipinski definition) is 1. The quantitative estimate of drug-likeness (QED) is 0.841. The van der Waals surface area contributed by atoms with Gasteiger partial charge in [0.05, 0.1) is 4.90 Å². The van der Waals surface area contributed by atoms with E-state index in [1.54, 1.807) is 19.1 Å². The lowest BCUT2D eigenvalue weighted by Crippen LogP contribution is -2.24. The smallest absolute Gasteiger partial charge is 0.262 e. The Balaban J connectivity index is 2.11. The summed E-state index contributed by atoms with van der Waals surface area (Å²) in [6.45, 7) is 5.41. The van der Waals surface area contributed by atoms with Gasteiger partial charge in [-0.1, -0.05) is 18.2 Å². The normalized spacial score (nSPS) is 11.5. The first-order valence-electron chi connectivity index (χ1n) is 8.14. The first-order chi connectivity index (χ1) is 12.1. The molecule has 1 amide bonds. The van der Waals surface area contributed by atoms with Crippen molar-refractivity contribution in [2.24, 2.45) is 0 Å². The van der Waals surface area contributed by atoms with Crippen molar-refractivity contribution in [3.63, 3.8) is 0 Å². The summed E-state index contributed by atoms with van der Waals surface area (Å²) in [4.78, 5) is 12.3. The first kappa shape index (κ1) is 19.9. The van der Waals surface area contributed by atoms with Gasteiger partial charge >= 0.3 is 0 Å². The molecule has 0 fully saturated rings. The molecule has 0 atom stereocenters. The molecule has 0 aromatic heterocycles. The number of amides is 1. The molecule has 0 aliphatic carbocycles. The van der Waals surface area contributed by atoms with Gasteiger partial charge in [0.2, 0.25) is 10.0 Å². The Morgan fingerprint density at radius 2 is 1.69 bits per heavy atom. The van der Waals surface area contributed by atoms with Crippen molar-refractivity contribution in [3.05, 3.63) is 53.1 Å². The number of carbonyl (C=O) groups excluding carboxylic acids is 1. The Bertz CT molecular complexity index is 921. The zero-order chi connectivity index (χ0) is 19.5. The lowest BCUT2D eigenvalue weighted by Gasteiger charge is -2.15. The largest absolute Gasteiger partial charge is 0.483 e. The second-order valence-electron chi connectivity index (χ2n) is 6.37. The van der Waals surface area contributed by atoms with Crippen molar-refractivity contribution in [2.75, 3.05) is 26.0 Å². The lowest BCUT2D eigenvalue weighted by atomic mass is 10.1. The molecule has 0 saturated carbocycles. The molecule has 7 heteroatoms. The number of anilines is 1. The van der Waals surface area contributed by atoms with E-state index in [1.807, 2.05) is 32.0 Å². The average Bonchev–Trinajstić information content (AvgIpc) is 2.57. The van der Waals surface area contributed by atoms with E-state index in [0.717, 1.165) is 15.4 Å². The van der Waals surface area contributed by atoms with Crippen molar-refractivity contribution >= 4 is 21.6 Å². The third kappa shape index (κ3) is 4.62. The molecule has 0 aliphatic rings. The topological polar surface area (TPSA) is 75.7 Å². The van der Waals surface area contributed by atoms with E-state index < -0.39 is 10.0 Å². The summed E-state index contributed by atoms with van der Waals surface area (Å²) in [5.74, 6) is 0.294. The third-order valence-corrected chi connectivity index (χ3v) is 5.89. The zero-order valence-electron chi connectivity index (χ0n) is 15.7. The maximum atomic E-state index is 12.4. The summed E-state index contributed by atoms with van der Waals surface area (Å²) >= 11 is 0. The summed E-state index contributed by atoms with van der Waals surface area (Å²) in [5, 5.41) is 2.68. The lowest BCUT2D eigenvalue weighted by molar-refractivity contribution is -0.118. The van der Waals surface area contributed by atoms with Crippen molar-refractivity contribution in [3.8, 4) is 5.75 Å². The van der Waals surface area contributed by atoms with E-state index in [0.29, 0.717) is 17.0 Å². The fourth-order valence-corrected chi connectivity index (χ4v) is 3.50. The Hall–Kier alpha value is -2.38. The number of nitrogens with zero attached hydrogens (tertiary/aromatic N) is 1. The molecule has 0 spiro atoms. The molecule has 6 nitrogen and oxygen atoms in total. The minimum absolute atomic E-state index is 0.159. The summed E-state index contributed by atoms with van der Waals surface area (Å²) in [5.41, 5.74) is 3.01. The molecule has 1 N–H and O–H groups in total. The van der Waals surface area contributed by atoms with Crippen LogP contribution in [0.25, 0.3) is 0 Å². The maximum absolute atomic E-state index is 12.4. The molecule has 2 aromatic carbocycles. The van der Waals surface area contributed by atoms with E-state index in [-0.39, 0.29) is 17.4 Å². The van der Waals surface area contributed by atoms with Crippen LogP contribution in [-0.2, 0) is 14.8 Å². The predicted molar refractivity (Wildman–Crippen MR) is 102 cm³/mol. The minimum atomic E-state index is -3.58. The standard InChI is InChI=1S/C19H24N2O4S/c1-13-6-7-14(2)17(10-13)25-12-19(22)20-16-9-8-15(3)18(11-16)26(23,24)21(4)5/h6-11H,12H2,1-5H3,(H,20,22). The van der Waals surface area contributed by atoms with Gasteiger partial charge in [-0.2, -0.15) is 0 Å². The van der Waals surface area contributed by atoms with Crippen LogP contribution in [0.15, 0.2) is 41.3 Å². The number of nitrogens with one attached hydrogen (secondary N) is 1. The molecule has 0 aliphatic heterocycles. The van der Waals surface area contributed by atoms with Crippen molar-refractivity contribution in [1.29, 1.82) is 0 Å². The summed E-state index contributed by atoms with van der Waals surface area (Å²) < 4.78 is 31.4. The van der Waals surface area contributed by atoms with Gasteiger partial charge in [0, 0.05) is 19.8 Å². The van der Waals surface area contributed by atoms with Gasteiger partial charge in [-0.3, -0.25) is 4.79 Å². The van der Waals surface area contributed by atoms with Crippen LogP contribution in [0.4, 0.5) is 5.69 Å². The van der Waals surface area contributed by atoms with Crippen LogP contribution in [-0.4, -0.2) is 39.3 Å². The van der Waals surface area contributed by atoms with Crippen LogP contribution in [0.3, 0.4) is 0 Å². The number of carbonyl (C=O) groups is 1. The van der Waals surface area contributed by atoms with Gasteiger partial charge in [0.1, 0.15) is 5.75 Å². The fourth-order valence-electron chi connectivity index (χ4n) is 2.36. The number of rotatable bonds is 6. The summed E-state index contributed by atoms with van der Waals surface area (Å²) in [7, 11) is -0.640. The number of benzene rings is 2. The van der Waals surface area contributed by atoms with Gasteiger partial charge in [-0.25, -0.2) is 12.7 Å². The average molecular weight is 376 g/mol. The molecule has 2 aromatic rings. The zero-order valence-corrected chi connectivity index (χ0v) is 16.5. The van der Waals surface area contributed by atoms with Crippen molar-refractivity contribution in [1.82, 2.24) is 4.31 Å². The highest BCUT2D eigenvalue weighted by atomic mass is 32.2. The van der Waals surface area contributed by atoms with Crippen LogP contribution >= 0.6 is 0 Å². The highest BCUT2D eigenvalue weighted by molar-refractivity contribution is 7.89. The van der Waals surface area contributed by atoms with Crippen LogP contribution in [0.5, 0.6) is 5.75 Å². The second-order valence-corrected chi connectivity index (χ2v) is 8.49. The van der Waals surface area contributed by atoms with Gasteiger partial charge < -0.3 is 10.1 Å². The number of hydrogen-bond acceptors (Lipinski definition) is 4. The van der Waals surface area contributed by atoms with Gasteiger partial charge in [0.15, 0.2) is 6.61 Å². The molecule has 0 bridgehead atoms. The number of sulfonamides is 1. The van der Waals surface area contributed by atoms with Gasteiger partial charge in [-0.15, -0.1) is 0 Å². The Labute approximate surface area is 154 Å². The molecule has 2 rings (SSSR count). The molecule has 0 heterocycles. The fraction of sp³-hybridized carbons (Fsp3) is 0.316. The predicted octanol–water partition coefficient (Wildman–Crippen LogP) is 2.88. The molecular formula is C19H24N2O4S. The van der Waals surface area contributed by atoms with E-state index >= 15 is 0 Å². The third-order valence-electron chi connectivity index (χ3n) is 3.93. The Kier molecular flexibility index (Phi) is 6.05. The second kappa shape index (κ2) is 7.88. The van der Waals surface area contributed by atoms with Crippen LogP contribution in [0.2, 0.25) is 0 Å². The Morgan fingerprint density at radius 3 is 2.35 bits per heavy atom. The highest BCUT2D eigenvalue weighted by Gasteiger charge is 2.20. The minimum Gasteiger partial charge on any atom is -0.483 e. The van der Waals surface area contributed by atoms with Gasteiger partial charge in [0.25, 0.3) is 5.91 Å². The molecular weight excluding hydrogens is 352 g/mol. The van der Waals surface area contributed by atoms with Crippen LogP contribution in [0.1, 0.15) is 16.7 Å². The first-order valence-corrected chi connectivity index (χ1v) is 9.58. The van der Waals surface area contributed by atoms with Crippen LogP contribution < -0.4 is 10.1 Å². The Morgan fingerprint density at radius 1 is 1.04 bits per heavy atom. The molecule has 0 radical (unpaired) electrons. The van der Waals surface area contributed by atoms with E-state index in [2.05, 4.69) is 5.32 Å². The molecule has 140 valence electrons. The number of ether oxygens (including phenoxy) is 1. The van der Waals surface area contributed by atoms with Crippen molar-refractivity contribution in [2.45, 2.75) is 25.7 Å². The molecule has 0 unspecified atom stereocenters. The summed E-state index contributed by atoms with van der Waals surface area (Å²) in [6.07, 6.45) is 0. The molecule has 0 saturated heterocycles. The summed E-state index contributed by atoms with van der Waals surface area (Å²) in [6, 6.07) is 10.6. The monoisotopic (exact) mass is 376 g/mol. The van der Waals surface area contributed by atoms with Crippen molar-refractivity contribution < 1.29 is 17.9 Å². The SMILES string of the molecule is Cc1ccc(C)c(OCC(=O)Nc2ccc(C)c(S(=O)(=O)N(C)C)c2)c1. The number of aryl methyl sites for hydroxylation is 3. The molecule has 26 heavy (non-hydrogen) atoms. The maximum Gasteiger partial charge on any atom is 0.262 e. The highest BCUT2D eigenvalue weighted by Crippen LogP contribution is 2.23. The van der Waals surface area contributed by atoms with E-state index in [9.17, 15) is 13.2 Å². The van der Waals surface area contributed by atoms with Crippen LogP contribution in [0, 0.1) is 20.8 Å². The van der Waals surface area contributed by atoms with E-state index in [1.165, 1.54) is 20.2 Å². The van der Waals surface area contributed by atoms with E-state index in [4.69, 9.17) is 4.74 Å². The van der Waals surface area contributed by atoms with Gasteiger partial charge in [-0.05, 0) is 55.7 Å².